The van der Waals surface area contributed by atoms with Crippen LogP contribution in [0.2, 0.25) is 0 Å². The lowest BCUT2D eigenvalue weighted by molar-refractivity contribution is -0.122. The fourth-order valence-corrected chi connectivity index (χ4v) is 5.34. The second kappa shape index (κ2) is 9.21. The summed E-state index contributed by atoms with van der Waals surface area (Å²) in [7, 11) is 1.57. The van der Waals surface area contributed by atoms with Crippen molar-refractivity contribution in [2.45, 2.75) is 58.9 Å². The highest BCUT2D eigenvalue weighted by Crippen LogP contribution is 2.46. The molecule has 1 saturated heterocycles. The van der Waals surface area contributed by atoms with Gasteiger partial charge in [-0.05, 0) is 74.9 Å². The third-order valence-electron chi connectivity index (χ3n) is 7.06. The number of hydrogen-bond donors (Lipinski definition) is 1. The molecule has 4 amide bonds. The summed E-state index contributed by atoms with van der Waals surface area (Å²) in [4.78, 5) is 42.0. The molecule has 35 heavy (non-hydrogen) atoms. The van der Waals surface area contributed by atoms with Gasteiger partial charge in [0.05, 0.1) is 12.8 Å². The molecule has 0 radical (unpaired) electrons. The van der Waals surface area contributed by atoms with Crippen LogP contribution in [0.4, 0.5) is 16.2 Å². The first kappa shape index (κ1) is 24.5. The number of urea groups is 1. The first-order valence-electron chi connectivity index (χ1n) is 12.1. The zero-order valence-electron chi connectivity index (χ0n) is 21.3. The summed E-state index contributed by atoms with van der Waals surface area (Å²) in [6.45, 7) is 11.7. The number of benzene rings is 2. The number of hydrogen-bond acceptors (Lipinski definition) is 5. The average Bonchev–Trinajstić information content (AvgIpc) is 2.81. The summed E-state index contributed by atoms with van der Waals surface area (Å²) in [5, 5.41) is 2.30. The molecule has 0 aliphatic carbocycles. The number of aryl methyl sites for hydroxylation is 1. The number of anilines is 2. The molecule has 2 heterocycles. The number of imide groups is 2. The van der Waals surface area contributed by atoms with Crippen molar-refractivity contribution in [3.63, 3.8) is 0 Å². The topological polar surface area (TPSA) is 79.0 Å². The molecule has 1 atom stereocenters. The predicted octanol–water partition coefficient (Wildman–Crippen LogP) is 5.04. The second-order valence-corrected chi connectivity index (χ2v) is 9.79. The lowest BCUT2D eigenvalue weighted by atomic mass is 9.79. The van der Waals surface area contributed by atoms with Gasteiger partial charge in [-0.1, -0.05) is 26.0 Å². The zero-order chi connectivity index (χ0) is 25.5. The van der Waals surface area contributed by atoms with Gasteiger partial charge in [0.1, 0.15) is 11.3 Å². The van der Waals surface area contributed by atoms with Gasteiger partial charge in [-0.15, -0.1) is 0 Å². The summed E-state index contributed by atoms with van der Waals surface area (Å²) in [6, 6.07) is 10.4. The van der Waals surface area contributed by atoms with Crippen molar-refractivity contribution in [3.05, 3.63) is 58.7 Å². The lowest BCUT2D eigenvalue weighted by Crippen LogP contribution is -2.54. The Balaban J connectivity index is 1.79. The Morgan fingerprint density at radius 1 is 1.11 bits per heavy atom. The van der Waals surface area contributed by atoms with Crippen LogP contribution in [0.5, 0.6) is 5.75 Å². The Bertz CT molecular complexity index is 1210. The first-order chi connectivity index (χ1) is 16.6. The Morgan fingerprint density at radius 3 is 2.40 bits per heavy atom. The van der Waals surface area contributed by atoms with Crippen LogP contribution in [0.25, 0.3) is 6.08 Å². The van der Waals surface area contributed by atoms with Gasteiger partial charge < -0.3 is 9.64 Å². The molecule has 2 aliphatic rings. The van der Waals surface area contributed by atoms with Crippen LogP contribution in [0.1, 0.15) is 63.6 Å². The van der Waals surface area contributed by atoms with Gasteiger partial charge in [0, 0.05) is 29.4 Å². The number of rotatable bonds is 5. The van der Waals surface area contributed by atoms with Crippen LogP contribution in [-0.2, 0) is 16.0 Å². The average molecular weight is 476 g/mol. The van der Waals surface area contributed by atoms with Gasteiger partial charge in [0.25, 0.3) is 11.8 Å². The van der Waals surface area contributed by atoms with Crippen molar-refractivity contribution in [2.75, 3.05) is 23.5 Å². The molecule has 4 rings (SSSR count). The zero-order valence-corrected chi connectivity index (χ0v) is 21.3. The molecule has 7 heteroatoms. The number of ether oxygens (including phenoxy) is 1. The van der Waals surface area contributed by atoms with Crippen molar-refractivity contribution in [3.8, 4) is 5.75 Å². The predicted molar refractivity (Wildman–Crippen MR) is 138 cm³/mol. The van der Waals surface area contributed by atoms with Crippen molar-refractivity contribution < 1.29 is 19.1 Å². The molecule has 0 saturated carbocycles. The summed E-state index contributed by atoms with van der Waals surface area (Å²) in [6.07, 6.45) is 3.35. The monoisotopic (exact) mass is 475 g/mol. The largest absolute Gasteiger partial charge is 0.496 e. The molecule has 0 aromatic heterocycles. The Morgan fingerprint density at radius 2 is 1.80 bits per heavy atom. The maximum absolute atomic E-state index is 13.4. The third kappa shape index (κ3) is 4.31. The van der Waals surface area contributed by atoms with Crippen LogP contribution in [0, 0.1) is 0 Å². The Hall–Kier alpha value is -3.61. The van der Waals surface area contributed by atoms with Crippen molar-refractivity contribution in [2.24, 2.45) is 0 Å². The fraction of sp³-hybridized carbons (Fsp3) is 0.393. The summed E-state index contributed by atoms with van der Waals surface area (Å²) >= 11 is 0. The van der Waals surface area contributed by atoms with Crippen molar-refractivity contribution in [1.82, 2.24) is 5.32 Å². The Labute approximate surface area is 206 Å². The summed E-state index contributed by atoms with van der Waals surface area (Å²) in [5.74, 6) is -0.523. The number of methoxy groups -OCH3 is 1. The van der Waals surface area contributed by atoms with E-state index >= 15 is 0 Å². The van der Waals surface area contributed by atoms with Gasteiger partial charge in [0.15, 0.2) is 0 Å². The molecule has 1 fully saturated rings. The quantitative estimate of drug-likeness (QED) is 0.484. The van der Waals surface area contributed by atoms with Crippen molar-refractivity contribution >= 4 is 35.3 Å². The molecule has 2 aromatic carbocycles. The number of barbiturate groups is 1. The van der Waals surface area contributed by atoms with Crippen molar-refractivity contribution in [1.29, 1.82) is 0 Å². The van der Waals surface area contributed by atoms with E-state index in [2.05, 4.69) is 37.9 Å². The number of amides is 4. The van der Waals surface area contributed by atoms with Crippen LogP contribution < -0.4 is 19.9 Å². The van der Waals surface area contributed by atoms with E-state index in [4.69, 9.17) is 4.74 Å². The number of fused-ring (bicyclic) bond motifs is 1. The number of nitrogens with one attached hydrogen (secondary N) is 1. The molecule has 7 nitrogen and oxygen atoms in total. The van der Waals surface area contributed by atoms with E-state index in [9.17, 15) is 14.4 Å². The smallest absolute Gasteiger partial charge is 0.335 e. The molecule has 0 spiro atoms. The van der Waals surface area contributed by atoms with E-state index in [0.717, 1.165) is 41.1 Å². The van der Waals surface area contributed by atoms with Gasteiger partial charge in [-0.25, -0.2) is 9.69 Å². The van der Waals surface area contributed by atoms with Crippen LogP contribution in [-0.4, -0.2) is 37.0 Å². The normalized spacial score (nSPS) is 20.7. The maximum atomic E-state index is 13.4. The molecule has 184 valence electrons. The van der Waals surface area contributed by atoms with E-state index in [1.165, 1.54) is 6.08 Å². The van der Waals surface area contributed by atoms with E-state index in [1.807, 2.05) is 31.2 Å². The van der Waals surface area contributed by atoms with Gasteiger partial charge in [-0.3, -0.25) is 14.9 Å². The minimum Gasteiger partial charge on any atom is -0.496 e. The fourth-order valence-electron chi connectivity index (χ4n) is 5.34. The van der Waals surface area contributed by atoms with E-state index < -0.39 is 17.8 Å². The summed E-state index contributed by atoms with van der Waals surface area (Å²) < 4.78 is 5.68. The van der Waals surface area contributed by atoms with E-state index in [0.29, 0.717) is 17.0 Å². The van der Waals surface area contributed by atoms with Crippen LogP contribution in [0.15, 0.2) is 42.0 Å². The molecule has 1 N–H and O–H groups in total. The minimum absolute atomic E-state index is 0.000428. The van der Waals surface area contributed by atoms with Gasteiger partial charge >= 0.3 is 6.03 Å². The number of nitrogens with zero attached hydrogens (tertiary/aromatic N) is 2. The standard InChI is InChI=1S/C28H33N3O4/c1-7-18-9-11-20(12-10-18)31-26(33)22(25(32)29-27(31)34)14-19-13-21-17(3)16-28(4,5)30(8-2)23(21)15-24(19)35-6/h9-15,17H,7-8,16H2,1-6H3,(H,29,32,34)/b22-14-. The molecule has 2 aliphatic heterocycles. The minimum atomic E-state index is -0.756. The molecular formula is C28H33N3O4. The highest BCUT2D eigenvalue weighted by molar-refractivity contribution is 6.39. The van der Waals surface area contributed by atoms with Gasteiger partial charge in [0.2, 0.25) is 0 Å². The highest BCUT2D eigenvalue weighted by Gasteiger charge is 2.38. The van der Waals surface area contributed by atoms with Crippen LogP contribution >= 0.6 is 0 Å². The lowest BCUT2D eigenvalue weighted by Gasteiger charge is -2.47. The van der Waals surface area contributed by atoms with E-state index in [1.54, 1.807) is 19.2 Å². The van der Waals surface area contributed by atoms with Gasteiger partial charge in [-0.2, -0.15) is 0 Å². The van der Waals surface area contributed by atoms with Crippen LogP contribution in [0.3, 0.4) is 0 Å². The number of carbonyl (C=O) groups is 3. The Kier molecular flexibility index (Phi) is 6.45. The SMILES string of the molecule is CCc1ccc(N2C(=O)NC(=O)/C(=C/c3cc4c(cc3OC)N(CC)C(C)(C)CC4C)C2=O)cc1. The second-order valence-electron chi connectivity index (χ2n) is 9.79. The molecule has 0 bridgehead atoms. The summed E-state index contributed by atoms with van der Waals surface area (Å²) in [5.41, 5.74) is 4.26. The molecule has 2 aromatic rings. The van der Waals surface area contributed by atoms with E-state index in [-0.39, 0.29) is 17.0 Å². The maximum Gasteiger partial charge on any atom is 0.335 e. The molecular weight excluding hydrogens is 442 g/mol. The third-order valence-corrected chi connectivity index (χ3v) is 7.06. The first-order valence-corrected chi connectivity index (χ1v) is 12.1. The number of carbonyl (C=O) groups excluding carboxylic acids is 3. The molecule has 1 unspecified atom stereocenters. The highest BCUT2D eigenvalue weighted by atomic mass is 16.5.